The summed E-state index contributed by atoms with van der Waals surface area (Å²) in [6.07, 6.45) is -4.82. The molecule has 3 heterocycles. The number of nitrogens with zero attached hydrogens (tertiary/aromatic N) is 3. The summed E-state index contributed by atoms with van der Waals surface area (Å²) >= 11 is 0. The van der Waals surface area contributed by atoms with Crippen molar-refractivity contribution < 1.29 is 41.1 Å². The molecular weight excluding hydrogens is 601 g/mol. The third-order valence-corrected chi connectivity index (χ3v) is 8.58. The minimum Gasteiger partial charge on any atom is -0.618 e. The van der Waals surface area contributed by atoms with Crippen LogP contribution in [-0.2, 0) is 28.9 Å². The first-order chi connectivity index (χ1) is 21.1. The van der Waals surface area contributed by atoms with Crippen LogP contribution in [0.5, 0.6) is 0 Å². The van der Waals surface area contributed by atoms with E-state index in [0.717, 1.165) is 11.9 Å². The van der Waals surface area contributed by atoms with Crippen LogP contribution >= 0.6 is 0 Å². The fourth-order valence-corrected chi connectivity index (χ4v) is 6.07. The molecule has 3 aromatic rings. The highest BCUT2D eigenvalue weighted by Gasteiger charge is 2.41. The summed E-state index contributed by atoms with van der Waals surface area (Å²) in [7, 11) is 0. The molecule has 1 fully saturated rings. The van der Waals surface area contributed by atoms with Gasteiger partial charge in [0.2, 0.25) is 17.7 Å². The van der Waals surface area contributed by atoms with Crippen LogP contribution in [0.1, 0.15) is 60.0 Å². The Kier molecular flexibility index (Phi) is 8.60. The number of carbonyl (C=O) groups is 3. The van der Waals surface area contributed by atoms with Crippen molar-refractivity contribution in [2.45, 2.75) is 70.8 Å². The number of benzene rings is 1. The Bertz CT molecular complexity index is 1610. The van der Waals surface area contributed by atoms with E-state index in [1.54, 1.807) is 21.6 Å². The van der Waals surface area contributed by atoms with Gasteiger partial charge in [-0.1, -0.05) is 12.1 Å². The summed E-state index contributed by atoms with van der Waals surface area (Å²) < 4.78 is 71.1. The molecule has 0 radical (unpaired) electrons. The molecule has 0 unspecified atom stereocenters. The Morgan fingerprint density at radius 2 is 1.69 bits per heavy atom. The van der Waals surface area contributed by atoms with Crippen LogP contribution in [0.3, 0.4) is 0 Å². The highest BCUT2D eigenvalue weighted by molar-refractivity contribution is 6.01. The minimum absolute atomic E-state index is 0.00711. The third-order valence-electron chi connectivity index (χ3n) is 8.58. The van der Waals surface area contributed by atoms with Gasteiger partial charge in [0.1, 0.15) is 11.7 Å². The van der Waals surface area contributed by atoms with Gasteiger partial charge in [0.05, 0.1) is 17.7 Å². The SMILES string of the molecule is CC(=O)N1CCn2c(ccc2C(=O)N[C@H](C(=O)Nc2ccc(-c3c(C(F)(F)F)cc[n+]([O-])c3C)cc2)C2CCC(F)(F)CC2)C1. The second-order valence-electron chi connectivity index (χ2n) is 11.5. The molecule has 2 aliphatic rings. The molecule has 14 heteroatoms. The van der Waals surface area contributed by atoms with E-state index in [9.17, 15) is 41.5 Å². The van der Waals surface area contributed by atoms with Crippen molar-refractivity contribution in [3.05, 3.63) is 76.5 Å². The summed E-state index contributed by atoms with van der Waals surface area (Å²) in [5.74, 6) is -4.79. The number of anilines is 1. The van der Waals surface area contributed by atoms with Gasteiger partial charge in [-0.25, -0.2) is 8.78 Å². The number of fused-ring (bicyclic) bond motifs is 1. The lowest BCUT2D eigenvalue weighted by Crippen LogP contribution is -2.50. The van der Waals surface area contributed by atoms with E-state index in [1.165, 1.54) is 38.1 Å². The van der Waals surface area contributed by atoms with E-state index in [0.29, 0.717) is 30.4 Å². The molecule has 0 bridgehead atoms. The molecule has 0 saturated heterocycles. The number of amides is 3. The fourth-order valence-electron chi connectivity index (χ4n) is 6.07. The Morgan fingerprint density at radius 1 is 1.02 bits per heavy atom. The molecular formula is C31H32F5N5O4. The number of nitrogens with one attached hydrogen (secondary N) is 2. The molecule has 0 spiro atoms. The molecule has 2 N–H and O–H groups in total. The van der Waals surface area contributed by atoms with Crippen molar-refractivity contribution in [2.75, 3.05) is 11.9 Å². The van der Waals surface area contributed by atoms with Crippen molar-refractivity contribution >= 4 is 23.4 Å². The zero-order valence-electron chi connectivity index (χ0n) is 24.6. The average molecular weight is 634 g/mol. The van der Waals surface area contributed by atoms with E-state index < -0.39 is 54.3 Å². The second-order valence-corrected chi connectivity index (χ2v) is 11.5. The Hall–Kier alpha value is -4.49. The maximum Gasteiger partial charge on any atom is 0.417 e. The van der Waals surface area contributed by atoms with Gasteiger partial charge in [0.15, 0.2) is 11.9 Å². The van der Waals surface area contributed by atoms with Crippen LogP contribution in [0.15, 0.2) is 48.7 Å². The van der Waals surface area contributed by atoms with Crippen LogP contribution < -0.4 is 15.4 Å². The Morgan fingerprint density at radius 3 is 2.31 bits per heavy atom. The smallest absolute Gasteiger partial charge is 0.417 e. The lowest BCUT2D eigenvalue weighted by atomic mass is 9.81. The van der Waals surface area contributed by atoms with Crippen LogP contribution in [0.4, 0.5) is 27.6 Å². The minimum atomic E-state index is -4.71. The number of halogens is 5. The Labute approximate surface area is 255 Å². The molecule has 240 valence electrons. The lowest BCUT2D eigenvalue weighted by Gasteiger charge is -2.33. The van der Waals surface area contributed by atoms with E-state index in [2.05, 4.69) is 10.6 Å². The predicted octanol–water partition coefficient (Wildman–Crippen LogP) is 5.04. The lowest BCUT2D eigenvalue weighted by molar-refractivity contribution is -0.611. The van der Waals surface area contributed by atoms with Crippen LogP contribution in [0.25, 0.3) is 11.1 Å². The first-order valence-corrected chi connectivity index (χ1v) is 14.5. The molecule has 45 heavy (non-hydrogen) atoms. The maximum atomic E-state index is 14.0. The highest BCUT2D eigenvalue weighted by Crippen LogP contribution is 2.39. The number of alkyl halides is 5. The number of pyridine rings is 1. The third kappa shape index (κ3) is 6.79. The molecule has 1 atom stereocenters. The van der Waals surface area contributed by atoms with Crippen molar-refractivity contribution in [3.8, 4) is 11.1 Å². The molecule has 5 rings (SSSR count). The zero-order chi connectivity index (χ0) is 32.7. The van der Waals surface area contributed by atoms with Gasteiger partial charge in [-0.05, 0) is 48.6 Å². The molecule has 1 aliphatic heterocycles. The summed E-state index contributed by atoms with van der Waals surface area (Å²) in [5, 5.41) is 17.5. The van der Waals surface area contributed by atoms with Gasteiger partial charge in [-0.3, -0.25) is 14.4 Å². The largest absolute Gasteiger partial charge is 0.618 e. The van der Waals surface area contributed by atoms with Crippen LogP contribution in [0.2, 0.25) is 0 Å². The highest BCUT2D eigenvalue weighted by atomic mass is 19.4. The van der Waals surface area contributed by atoms with Crippen LogP contribution in [-0.4, -0.2) is 45.7 Å². The van der Waals surface area contributed by atoms with Crippen molar-refractivity contribution in [3.63, 3.8) is 0 Å². The number of hydrogen-bond acceptors (Lipinski definition) is 4. The Balaban J connectivity index is 1.37. The number of rotatable bonds is 6. The molecule has 1 aliphatic carbocycles. The fraction of sp³-hybridized carbons (Fsp3) is 0.419. The first kappa shape index (κ1) is 31.9. The standard InChI is InChI=1S/C31H32F5N5O4/c1-18-26(24(31(34,35)36)11-14-41(18)45)20-3-5-22(6-4-20)37-29(44)27(21-9-12-30(32,33)13-10-21)38-28(43)25-8-7-23-17-39(19(2)42)15-16-40(23)25/h3-8,11,14,21,27H,9-10,12-13,15-17H2,1-2H3,(H,37,44)(H,38,43)/t27-/m0/s1. The maximum absolute atomic E-state index is 14.0. The zero-order valence-corrected chi connectivity index (χ0v) is 24.6. The van der Waals surface area contributed by atoms with Gasteiger partial charge in [-0.15, -0.1) is 0 Å². The topological polar surface area (TPSA) is 110 Å². The summed E-state index contributed by atoms with van der Waals surface area (Å²) in [6, 6.07) is 8.23. The number of hydrogen-bond donors (Lipinski definition) is 2. The normalized spacial score (nSPS) is 17.4. The molecule has 9 nitrogen and oxygen atoms in total. The summed E-state index contributed by atoms with van der Waals surface area (Å²) in [6.45, 7) is 3.82. The summed E-state index contributed by atoms with van der Waals surface area (Å²) in [4.78, 5) is 40.4. The molecule has 2 aromatic heterocycles. The number of aromatic nitrogens is 2. The molecule has 1 saturated carbocycles. The van der Waals surface area contributed by atoms with Crippen molar-refractivity contribution in [1.82, 2.24) is 14.8 Å². The number of carbonyl (C=O) groups excluding carboxylic acids is 3. The molecule has 1 aromatic carbocycles. The monoisotopic (exact) mass is 633 g/mol. The van der Waals surface area contributed by atoms with E-state index in [1.807, 2.05) is 0 Å². The quantitative estimate of drug-likeness (QED) is 0.225. The van der Waals surface area contributed by atoms with E-state index in [4.69, 9.17) is 0 Å². The first-order valence-electron chi connectivity index (χ1n) is 14.5. The molecule has 3 amide bonds. The van der Waals surface area contributed by atoms with Crippen LogP contribution in [0, 0.1) is 18.0 Å². The summed E-state index contributed by atoms with van der Waals surface area (Å²) in [5.41, 5.74) is -0.124. The van der Waals surface area contributed by atoms with E-state index >= 15 is 0 Å². The van der Waals surface area contributed by atoms with Gasteiger partial charge in [0.25, 0.3) is 5.91 Å². The second kappa shape index (κ2) is 12.1. The predicted molar refractivity (Wildman–Crippen MR) is 153 cm³/mol. The van der Waals surface area contributed by atoms with Gasteiger partial charge < -0.3 is 25.3 Å². The van der Waals surface area contributed by atoms with Gasteiger partial charge in [0, 0.05) is 57.2 Å². The van der Waals surface area contributed by atoms with Crippen molar-refractivity contribution in [1.29, 1.82) is 0 Å². The van der Waals surface area contributed by atoms with E-state index in [-0.39, 0.29) is 47.0 Å². The van der Waals surface area contributed by atoms with Gasteiger partial charge >= 0.3 is 6.18 Å². The van der Waals surface area contributed by atoms with Gasteiger partial charge in [-0.2, -0.15) is 17.9 Å². The van der Waals surface area contributed by atoms with Crippen molar-refractivity contribution in [2.24, 2.45) is 5.92 Å². The average Bonchev–Trinajstić information content (AvgIpc) is 3.41.